The molecule has 0 saturated heterocycles. The molecule has 2 aromatic rings. The highest BCUT2D eigenvalue weighted by molar-refractivity contribution is 9.10. The Morgan fingerprint density at radius 1 is 1.05 bits per heavy atom. The Hall–Kier alpha value is -1.32. The van der Waals surface area contributed by atoms with Gasteiger partial charge in [0.05, 0.1) is 0 Å². The lowest BCUT2D eigenvalue weighted by Crippen LogP contribution is -2.22. The van der Waals surface area contributed by atoms with Gasteiger partial charge in [0.1, 0.15) is 5.75 Å². The first-order valence-corrected chi connectivity index (χ1v) is 7.74. The topological polar surface area (TPSA) is 23.5 Å². The summed E-state index contributed by atoms with van der Waals surface area (Å²) in [5, 5.41) is 10.1. The van der Waals surface area contributed by atoms with Crippen molar-refractivity contribution < 1.29 is 5.11 Å². The van der Waals surface area contributed by atoms with Gasteiger partial charge in [-0.25, -0.2) is 0 Å². The molecule has 0 aliphatic rings. The maximum absolute atomic E-state index is 10.1. The maximum atomic E-state index is 10.1. The Morgan fingerprint density at radius 3 is 2.30 bits per heavy atom. The number of phenolic OH excluding ortho intramolecular Hbond substituents is 1. The minimum atomic E-state index is 0.350. The van der Waals surface area contributed by atoms with E-state index in [2.05, 4.69) is 52.9 Å². The molecule has 2 aromatic carbocycles. The molecule has 106 valence electrons. The first-order valence-electron chi connectivity index (χ1n) is 6.94. The monoisotopic (exact) mass is 333 g/mol. The van der Waals surface area contributed by atoms with Gasteiger partial charge in [0.25, 0.3) is 0 Å². The SMILES string of the molecule is CCN(CC)Cc1cc(-c2ccccc2)c(Br)cc1O. The van der Waals surface area contributed by atoms with Gasteiger partial charge in [0, 0.05) is 16.6 Å². The van der Waals surface area contributed by atoms with E-state index in [0.29, 0.717) is 5.75 Å². The van der Waals surface area contributed by atoms with Crippen LogP contribution < -0.4 is 0 Å². The quantitative estimate of drug-likeness (QED) is 0.859. The van der Waals surface area contributed by atoms with E-state index in [1.807, 2.05) is 18.2 Å². The van der Waals surface area contributed by atoms with Crippen molar-refractivity contribution in [1.29, 1.82) is 0 Å². The van der Waals surface area contributed by atoms with Gasteiger partial charge in [0.2, 0.25) is 0 Å². The fourth-order valence-corrected chi connectivity index (χ4v) is 2.82. The molecular weight excluding hydrogens is 314 g/mol. The Labute approximate surface area is 129 Å². The first kappa shape index (κ1) is 15.1. The van der Waals surface area contributed by atoms with Crippen LogP contribution in [0.5, 0.6) is 5.75 Å². The lowest BCUT2D eigenvalue weighted by Gasteiger charge is -2.19. The molecule has 0 radical (unpaired) electrons. The predicted molar refractivity (Wildman–Crippen MR) is 87.9 cm³/mol. The summed E-state index contributed by atoms with van der Waals surface area (Å²) in [6, 6.07) is 14.1. The van der Waals surface area contributed by atoms with E-state index in [-0.39, 0.29) is 0 Å². The zero-order chi connectivity index (χ0) is 14.5. The fourth-order valence-electron chi connectivity index (χ4n) is 2.26. The summed E-state index contributed by atoms with van der Waals surface area (Å²) in [5.74, 6) is 0.350. The van der Waals surface area contributed by atoms with Crippen molar-refractivity contribution in [2.75, 3.05) is 13.1 Å². The van der Waals surface area contributed by atoms with Crippen LogP contribution in [0.15, 0.2) is 46.9 Å². The second kappa shape index (κ2) is 6.91. The minimum Gasteiger partial charge on any atom is -0.508 e. The van der Waals surface area contributed by atoms with Gasteiger partial charge >= 0.3 is 0 Å². The zero-order valence-electron chi connectivity index (χ0n) is 11.9. The molecule has 0 aliphatic carbocycles. The van der Waals surface area contributed by atoms with Crippen molar-refractivity contribution >= 4 is 15.9 Å². The number of hydrogen-bond acceptors (Lipinski definition) is 2. The lowest BCUT2D eigenvalue weighted by molar-refractivity contribution is 0.291. The molecule has 0 heterocycles. The first-order chi connectivity index (χ1) is 9.65. The van der Waals surface area contributed by atoms with E-state index in [0.717, 1.165) is 40.8 Å². The van der Waals surface area contributed by atoms with Gasteiger partial charge in [-0.2, -0.15) is 0 Å². The van der Waals surface area contributed by atoms with Gasteiger partial charge < -0.3 is 5.11 Å². The van der Waals surface area contributed by atoms with Crippen molar-refractivity contribution in [1.82, 2.24) is 4.90 Å². The number of aromatic hydroxyl groups is 1. The van der Waals surface area contributed by atoms with E-state index in [4.69, 9.17) is 0 Å². The summed E-state index contributed by atoms with van der Waals surface area (Å²) in [6.07, 6.45) is 0. The Balaban J connectivity index is 2.40. The highest BCUT2D eigenvalue weighted by Crippen LogP contribution is 2.34. The fraction of sp³-hybridized carbons (Fsp3) is 0.294. The molecule has 20 heavy (non-hydrogen) atoms. The summed E-state index contributed by atoms with van der Waals surface area (Å²) in [6.45, 7) is 7.00. The smallest absolute Gasteiger partial charge is 0.121 e. The summed E-state index contributed by atoms with van der Waals surface area (Å²) in [5.41, 5.74) is 3.24. The molecule has 2 rings (SSSR count). The second-order valence-electron chi connectivity index (χ2n) is 4.79. The molecule has 0 saturated carbocycles. The van der Waals surface area contributed by atoms with Crippen LogP contribution >= 0.6 is 15.9 Å². The Bertz CT molecular complexity index is 565. The normalized spacial score (nSPS) is 11.0. The van der Waals surface area contributed by atoms with Crippen LogP contribution in [0.4, 0.5) is 0 Å². The summed E-state index contributed by atoms with van der Waals surface area (Å²) >= 11 is 3.54. The number of nitrogens with zero attached hydrogens (tertiary/aromatic N) is 1. The molecular formula is C17H20BrNO. The summed E-state index contributed by atoms with van der Waals surface area (Å²) in [4.78, 5) is 2.29. The van der Waals surface area contributed by atoms with Gasteiger partial charge in [-0.05, 0) is 36.3 Å². The van der Waals surface area contributed by atoms with Crippen LogP contribution in [-0.4, -0.2) is 23.1 Å². The molecule has 0 unspecified atom stereocenters. The van der Waals surface area contributed by atoms with Crippen molar-refractivity contribution in [3.05, 3.63) is 52.5 Å². The molecule has 0 atom stereocenters. The van der Waals surface area contributed by atoms with E-state index >= 15 is 0 Å². The maximum Gasteiger partial charge on any atom is 0.121 e. The third-order valence-electron chi connectivity index (χ3n) is 3.54. The zero-order valence-corrected chi connectivity index (χ0v) is 13.5. The van der Waals surface area contributed by atoms with Crippen molar-refractivity contribution in [3.63, 3.8) is 0 Å². The molecule has 1 N–H and O–H groups in total. The molecule has 0 spiro atoms. The van der Waals surface area contributed by atoms with Crippen molar-refractivity contribution in [2.45, 2.75) is 20.4 Å². The average Bonchev–Trinajstić information content (AvgIpc) is 2.47. The van der Waals surface area contributed by atoms with E-state index in [1.165, 1.54) is 0 Å². The molecule has 0 fully saturated rings. The van der Waals surface area contributed by atoms with Crippen LogP contribution in [0, 0.1) is 0 Å². The van der Waals surface area contributed by atoms with Crippen LogP contribution in [0.25, 0.3) is 11.1 Å². The molecule has 2 nitrogen and oxygen atoms in total. The van der Waals surface area contributed by atoms with Crippen molar-refractivity contribution in [2.24, 2.45) is 0 Å². The molecule has 0 amide bonds. The van der Waals surface area contributed by atoms with E-state index in [1.54, 1.807) is 6.07 Å². The molecule has 0 aliphatic heterocycles. The number of benzene rings is 2. The summed E-state index contributed by atoms with van der Waals surface area (Å²) < 4.78 is 0.921. The van der Waals surface area contributed by atoms with Crippen LogP contribution in [0.3, 0.4) is 0 Å². The highest BCUT2D eigenvalue weighted by Gasteiger charge is 2.11. The lowest BCUT2D eigenvalue weighted by atomic mass is 10.0. The third-order valence-corrected chi connectivity index (χ3v) is 4.20. The molecule has 0 aromatic heterocycles. The number of phenols is 1. The number of halogens is 1. The summed E-state index contributed by atoms with van der Waals surface area (Å²) in [7, 11) is 0. The highest BCUT2D eigenvalue weighted by atomic mass is 79.9. The predicted octanol–water partition coefficient (Wildman–Crippen LogP) is 4.66. The standard InChI is InChI=1S/C17H20BrNO/c1-3-19(4-2)12-14-10-15(16(18)11-17(14)20)13-8-6-5-7-9-13/h5-11,20H,3-4,12H2,1-2H3. The molecule has 0 bridgehead atoms. The van der Waals surface area contributed by atoms with Gasteiger partial charge in [-0.3, -0.25) is 4.90 Å². The van der Waals surface area contributed by atoms with Gasteiger partial charge in [-0.1, -0.05) is 60.1 Å². The van der Waals surface area contributed by atoms with Crippen LogP contribution in [0.2, 0.25) is 0 Å². The number of hydrogen-bond donors (Lipinski definition) is 1. The Kier molecular flexibility index (Phi) is 5.21. The van der Waals surface area contributed by atoms with Gasteiger partial charge in [0.15, 0.2) is 0 Å². The van der Waals surface area contributed by atoms with Crippen LogP contribution in [-0.2, 0) is 6.54 Å². The van der Waals surface area contributed by atoms with E-state index in [9.17, 15) is 5.11 Å². The molecule has 3 heteroatoms. The van der Waals surface area contributed by atoms with Gasteiger partial charge in [-0.15, -0.1) is 0 Å². The Morgan fingerprint density at radius 2 is 1.70 bits per heavy atom. The average molecular weight is 334 g/mol. The van der Waals surface area contributed by atoms with E-state index < -0.39 is 0 Å². The largest absolute Gasteiger partial charge is 0.508 e. The van der Waals surface area contributed by atoms with Crippen LogP contribution in [0.1, 0.15) is 19.4 Å². The second-order valence-corrected chi connectivity index (χ2v) is 5.64. The van der Waals surface area contributed by atoms with Crippen molar-refractivity contribution in [3.8, 4) is 16.9 Å². The third kappa shape index (κ3) is 3.41. The number of rotatable bonds is 5. The minimum absolute atomic E-state index is 0.350.